The Kier molecular flexibility index (Phi) is 6.16. The van der Waals surface area contributed by atoms with Gasteiger partial charge in [-0.25, -0.2) is 4.98 Å². The summed E-state index contributed by atoms with van der Waals surface area (Å²) in [6.07, 6.45) is 9.88. The Morgan fingerprint density at radius 1 is 1.15 bits per heavy atom. The molecule has 2 heterocycles. The fourth-order valence-electron chi connectivity index (χ4n) is 3.68. The van der Waals surface area contributed by atoms with Gasteiger partial charge in [0.15, 0.2) is 5.76 Å². The maximum Gasteiger partial charge on any atom is 0.289 e. The molecule has 0 radical (unpaired) electrons. The molecule has 0 bridgehead atoms. The number of nitrogens with zero attached hydrogens (tertiary/aromatic N) is 3. The van der Waals surface area contributed by atoms with Crippen molar-refractivity contribution < 1.29 is 15.0 Å². The zero-order valence-corrected chi connectivity index (χ0v) is 15.7. The molecule has 3 rings (SSSR count). The number of imidazole rings is 1. The van der Waals surface area contributed by atoms with Crippen molar-refractivity contribution in [3.63, 3.8) is 0 Å². The Hall–Kier alpha value is -2.76. The zero-order chi connectivity index (χ0) is 19.2. The first-order valence-corrected chi connectivity index (χ1v) is 9.59. The minimum absolute atomic E-state index is 0.123. The SMILES string of the molecule is CCCCCC1=C(O)C(=O)N(CCCn2ccnc2)C1c1cccc(O)c1. The van der Waals surface area contributed by atoms with E-state index >= 15 is 0 Å². The van der Waals surface area contributed by atoms with Crippen molar-refractivity contribution in [3.05, 3.63) is 59.9 Å². The summed E-state index contributed by atoms with van der Waals surface area (Å²) in [5.74, 6) is -0.278. The van der Waals surface area contributed by atoms with E-state index in [4.69, 9.17) is 0 Å². The van der Waals surface area contributed by atoms with Gasteiger partial charge in [-0.05, 0) is 37.0 Å². The molecule has 0 spiro atoms. The van der Waals surface area contributed by atoms with Gasteiger partial charge in [-0.2, -0.15) is 0 Å². The van der Waals surface area contributed by atoms with Gasteiger partial charge in [0, 0.05) is 31.1 Å². The molecule has 1 unspecified atom stereocenters. The second-order valence-electron chi connectivity index (χ2n) is 6.98. The van der Waals surface area contributed by atoms with Gasteiger partial charge in [-0.3, -0.25) is 4.79 Å². The first-order valence-electron chi connectivity index (χ1n) is 9.59. The molecule has 0 saturated carbocycles. The second-order valence-corrected chi connectivity index (χ2v) is 6.98. The number of benzene rings is 1. The van der Waals surface area contributed by atoms with Crippen LogP contribution in [-0.2, 0) is 11.3 Å². The molecule has 1 aliphatic heterocycles. The van der Waals surface area contributed by atoms with Gasteiger partial charge in [0.25, 0.3) is 5.91 Å². The average molecular weight is 369 g/mol. The van der Waals surface area contributed by atoms with Crippen molar-refractivity contribution in [3.8, 4) is 5.75 Å². The Balaban J connectivity index is 1.80. The lowest BCUT2D eigenvalue weighted by Crippen LogP contribution is -2.32. The maximum absolute atomic E-state index is 12.7. The van der Waals surface area contributed by atoms with Crippen LogP contribution in [0.4, 0.5) is 0 Å². The summed E-state index contributed by atoms with van der Waals surface area (Å²) in [4.78, 5) is 18.5. The molecule has 144 valence electrons. The van der Waals surface area contributed by atoms with Gasteiger partial charge >= 0.3 is 0 Å². The van der Waals surface area contributed by atoms with Crippen molar-refractivity contribution in [2.24, 2.45) is 0 Å². The second kappa shape index (κ2) is 8.75. The van der Waals surface area contributed by atoms with Crippen LogP contribution < -0.4 is 0 Å². The van der Waals surface area contributed by atoms with Crippen LogP contribution in [0.3, 0.4) is 0 Å². The minimum atomic E-state index is -0.319. The number of carbonyl (C=O) groups excluding carboxylic acids is 1. The Labute approximate surface area is 159 Å². The molecule has 1 amide bonds. The third-order valence-corrected chi connectivity index (χ3v) is 5.02. The highest BCUT2D eigenvalue weighted by Gasteiger charge is 2.39. The standard InChI is InChI=1S/C21H27N3O3/c1-2-3-4-9-18-19(16-7-5-8-17(25)14-16)24(21(27)20(18)26)12-6-11-23-13-10-22-15-23/h5,7-8,10,13-15,19,25-26H,2-4,6,9,11-12H2,1H3. The number of aromatic nitrogens is 2. The molecule has 0 saturated heterocycles. The van der Waals surface area contributed by atoms with Crippen molar-refractivity contribution in [2.45, 2.75) is 51.6 Å². The number of unbranched alkanes of at least 4 members (excludes halogenated alkanes) is 2. The lowest BCUT2D eigenvalue weighted by Gasteiger charge is -2.27. The van der Waals surface area contributed by atoms with Crippen molar-refractivity contribution in [1.29, 1.82) is 0 Å². The van der Waals surface area contributed by atoms with E-state index < -0.39 is 0 Å². The summed E-state index contributed by atoms with van der Waals surface area (Å²) in [7, 11) is 0. The molecule has 6 heteroatoms. The largest absolute Gasteiger partial charge is 0.508 e. The Bertz CT molecular complexity index is 799. The van der Waals surface area contributed by atoms with E-state index in [0.29, 0.717) is 13.0 Å². The van der Waals surface area contributed by atoms with E-state index in [-0.39, 0.29) is 23.5 Å². The topological polar surface area (TPSA) is 78.6 Å². The third-order valence-electron chi connectivity index (χ3n) is 5.02. The number of phenols is 1. The van der Waals surface area contributed by atoms with Crippen LogP contribution >= 0.6 is 0 Å². The summed E-state index contributed by atoms with van der Waals surface area (Å²) in [5.41, 5.74) is 1.60. The van der Waals surface area contributed by atoms with Gasteiger partial charge in [0.1, 0.15) is 5.75 Å². The van der Waals surface area contributed by atoms with Crippen molar-refractivity contribution in [2.75, 3.05) is 6.54 Å². The number of amides is 1. The van der Waals surface area contributed by atoms with E-state index in [0.717, 1.165) is 43.4 Å². The number of carbonyl (C=O) groups is 1. The van der Waals surface area contributed by atoms with Crippen LogP contribution in [0.2, 0.25) is 0 Å². The fourth-order valence-corrected chi connectivity index (χ4v) is 3.68. The summed E-state index contributed by atoms with van der Waals surface area (Å²) in [6.45, 7) is 3.41. The predicted molar refractivity (Wildman–Crippen MR) is 103 cm³/mol. The molecule has 1 aromatic heterocycles. The lowest BCUT2D eigenvalue weighted by molar-refractivity contribution is -0.129. The van der Waals surface area contributed by atoms with Crippen molar-refractivity contribution >= 4 is 5.91 Å². The summed E-state index contributed by atoms with van der Waals surface area (Å²) in [6, 6.07) is 6.66. The number of aliphatic hydroxyl groups excluding tert-OH is 1. The van der Waals surface area contributed by atoms with Crippen LogP contribution in [0.25, 0.3) is 0 Å². The highest BCUT2D eigenvalue weighted by Crippen LogP contribution is 2.40. The normalized spacial score (nSPS) is 17.1. The Morgan fingerprint density at radius 2 is 2.00 bits per heavy atom. The molecular weight excluding hydrogens is 342 g/mol. The van der Waals surface area contributed by atoms with E-state index in [1.54, 1.807) is 35.6 Å². The molecule has 1 aliphatic rings. The number of hydrogen-bond acceptors (Lipinski definition) is 4. The molecule has 27 heavy (non-hydrogen) atoms. The molecule has 1 aromatic carbocycles. The van der Waals surface area contributed by atoms with E-state index in [1.165, 1.54) is 0 Å². The molecule has 6 nitrogen and oxygen atoms in total. The number of phenolic OH excluding ortho intramolecular Hbond substituents is 1. The van der Waals surface area contributed by atoms with Gasteiger partial charge in [0.2, 0.25) is 0 Å². The first kappa shape index (κ1) is 19.0. The molecule has 0 fully saturated rings. The average Bonchev–Trinajstić information content (AvgIpc) is 3.25. The van der Waals surface area contributed by atoms with Gasteiger partial charge in [-0.1, -0.05) is 31.9 Å². The smallest absolute Gasteiger partial charge is 0.289 e. The van der Waals surface area contributed by atoms with Crippen molar-refractivity contribution in [1.82, 2.24) is 14.5 Å². The van der Waals surface area contributed by atoms with Crippen LogP contribution in [0.5, 0.6) is 5.75 Å². The number of rotatable bonds is 9. The van der Waals surface area contributed by atoms with E-state index in [1.807, 2.05) is 16.8 Å². The van der Waals surface area contributed by atoms with Gasteiger partial charge < -0.3 is 19.7 Å². The fraction of sp³-hybridized carbons (Fsp3) is 0.429. The molecule has 1 atom stereocenters. The van der Waals surface area contributed by atoms with Gasteiger partial charge in [-0.15, -0.1) is 0 Å². The van der Waals surface area contributed by atoms with Crippen LogP contribution in [-0.4, -0.2) is 37.1 Å². The van der Waals surface area contributed by atoms with Crippen LogP contribution in [0.15, 0.2) is 54.3 Å². The molecule has 0 aliphatic carbocycles. The summed E-state index contributed by atoms with van der Waals surface area (Å²) < 4.78 is 1.97. The maximum atomic E-state index is 12.7. The molecule has 2 N–H and O–H groups in total. The first-order chi connectivity index (χ1) is 13.1. The van der Waals surface area contributed by atoms with Crippen LogP contribution in [0, 0.1) is 0 Å². The van der Waals surface area contributed by atoms with E-state index in [9.17, 15) is 15.0 Å². The highest BCUT2D eigenvalue weighted by molar-refractivity contribution is 5.95. The predicted octanol–water partition coefficient (Wildman–Crippen LogP) is 3.95. The van der Waals surface area contributed by atoms with Gasteiger partial charge in [0.05, 0.1) is 12.4 Å². The zero-order valence-electron chi connectivity index (χ0n) is 15.7. The number of hydrogen-bond donors (Lipinski definition) is 2. The number of aryl methyl sites for hydroxylation is 1. The van der Waals surface area contributed by atoms with E-state index in [2.05, 4.69) is 11.9 Å². The highest BCUT2D eigenvalue weighted by atomic mass is 16.3. The van der Waals surface area contributed by atoms with Crippen LogP contribution in [0.1, 0.15) is 50.6 Å². The monoisotopic (exact) mass is 369 g/mol. The summed E-state index contributed by atoms with van der Waals surface area (Å²) >= 11 is 0. The number of aromatic hydroxyl groups is 1. The molecule has 2 aromatic rings. The summed E-state index contributed by atoms with van der Waals surface area (Å²) in [5, 5.41) is 20.4. The number of aliphatic hydroxyl groups is 1. The third kappa shape index (κ3) is 4.32. The molecular formula is C21H27N3O3. The lowest BCUT2D eigenvalue weighted by atomic mass is 9.94. The Morgan fingerprint density at radius 3 is 2.70 bits per heavy atom. The quantitative estimate of drug-likeness (QED) is 0.656. The minimum Gasteiger partial charge on any atom is -0.508 e.